The van der Waals surface area contributed by atoms with Crippen LogP contribution in [0.2, 0.25) is 0 Å². The Balaban J connectivity index is 1.25. The summed E-state index contributed by atoms with van der Waals surface area (Å²) in [4.78, 5) is 2.50. The molecule has 2 aromatic rings. The molecule has 158 valence electrons. The van der Waals surface area contributed by atoms with Crippen molar-refractivity contribution in [2.24, 2.45) is 5.92 Å². The number of nitrogens with zero attached hydrogens (tertiary/aromatic N) is 3. The third-order valence-corrected chi connectivity index (χ3v) is 6.67. The van der Waals surface area contributed by atoms with Gasteiger partial charge in [-0.05, 0) is 60.8 Å². The fourth-order valence-electron chi connectivity index (χ4n) is 4.90. The molecule has 2 N–H and O–H groups in total. The lowest BCUT2D eigenvalue weighted by molar-refractivity contribution is 0.137. The Bertz CT molecular complexity index is 757. The molecule has 1 aliphatic heterocycles. The van der Waals surface area contributed by atoms with E-state index in [1.807, 2.05) is 23.1 Å². The van der Waals surface area contributed by atoms with Gasteiger partial charge < -0.3 is 15.3 Å². The first kappa shape index (κ1) is 20.4. The van der Waals surface area contributed by atoms with Crippen LogP contribution in [-0.2, 0) is 12.0 Å². The Morgan fingerprint density at radius 2 is 1.83 bits per heavy atom. The average Bonchev–Trinajstić information content (AvgIpc) is 3.32. The highest BCUT2D eigenvalue weighted by Gasteiger charge is 2.35. The van der Waals surface area contributed by atoms with E-state index in [0.717, 1.165) is 45.3 Å². The molecule has 2 fully saturated rings. The number of anilines is 1. The minimum absolute atomic E-state index is 0.201. The van der Waals surface area contributed by atoms with E-state index in [4.69, 9.17) is 0 Å². The zero-order valence-electron chi connectivity index (χ0n) is 18.1. The van der Waals surface area contributed by atoms with Crippen molar-refractivity contribution < 1.29 is 5.11 Å². The zero-order valence-corrected chi connectivity index (χ0v) is 18.1. The molecule has 2 heterocycles. The van der Waals surface area contributed by atoms with Crippen LogP contribution in [0.15, 0.2) is 42.7 Å². The van der Waals surface area contributed by atoms with E-state index in [2.05, 4.69) is 60.4 Å². The minimum Gasteiger partial charge on any atom is -0.391 e. The van der Waals surface area contributed by atoms with Gasteiger partial charge in [0.25, 0.3) is 0 Å². The maximum atomic E-state index is 10.5. The van der Waals surface area contributed by atoms with Crippen LogP contribution < -0.4 is 10.2 Å². The van der Waals surface area contributed by atoms with Crippen LogP contribution in [0.3, 0.4) is 0 Å². The van der Waals surface area contributed by atoms with Crippen molar-refractivity contribution >= 4 is 5.69 Å². The number of rotatable bonds is 5. The first-order chi connectivity index (χ1) is 13.9. The van der Waals surface area contributed by atoms with E-state index in [1.54, 1.807) is 0 Å². The van der Waals surface area contributed by atoms with Crippen molar-refractivity contribution in [2.75, 3.05) is 18.0 Å². The van der Waals surface area contributed by atoms with Crippen LogP contribution >= 0.6 is 0 Å². The first-order valence-corrected chi connectivity index (χ1v) is 11.2. The van der Waals surface area contributed by atoms with Crippen molar-refractivity contribution in [3.8, 4) is 0 Å². The standard InChI is InChI=1S/C24H36N4O/c1-24(2,3)19-5-7-21(8-6-19)27-13-9-20(10-14-27)26-22-15-18(16-23(22)29)17-28-12-4-11-25-28/h4-8,11-12,18,20,22-23,26,29H,9-10,13-17H2,1-3H3/t18?,22-,23-/m1/s1. The quantitative estimate of drug-likeness (QED) is 0.811. The minimum atomic E-state index is -0.237. The second-order valence-electron chi connectivity index (χ2n) is 9.96. The van der Waals surface area contributed by atoms with Gasteiger partial charge in [-0.2, -0.15) is 5.10 Å². The zero-order chi connectivity index (χ0) is 20.4. The van der Waals surface area contributed by atoms with E-state index in [9.17, 15) is 5.11 Å². The normalized spacial score (nSPS) is 26.2. The number of piperidine rings is 1. The van der Waals surface area contributed by atoms with Gasteiger partial charge in [0.1, 0.15) is 0 Å². The van der Waals surface area contributed by atoms with Crippen molar-refractivity contribution in [3.63, 3.8) is 0 Å². The maximum Gasteiger partial charge on any atom is 0.0696 e. The SMILES string of the molecule is CC(C)(C)c1ccc(N2CCC(N[C@@H]3CC(Cn4cccn4)C[C@H]3O)CC2)cc1. The average molecular weight is 397 g/mol. The second-order valence-corrected chi connectivity index (χ2v) is 9.96. The fourth-order valence-corrected chi connectivity index (χ4v) is 4.90. The van der Waals surface area contributed by atoms with Crippen molar-refractivity contribution in [1.29, 1.82) is 0 Å². The van der Waals surface area contributed by atoms with E-state index < -0.39 is 0 Å². The van der Waals surface area contributed by atoms with E-state index in [0.29, 0.717) is 12.0 Å². The predicted octanol–water partition coefficient (Wildman–Crippen LogP) is 3.58. The van der Waals surface area contributed by atoms with Crippen LogP contribution in [0.1, 0.15) is 52.0 Å². The van der Waals surface area contributed by atoms with Gasteiger partial charge in [-0.3, -0.25) is 4.68 Å². The largest absolute Gasteiger partial charge is 0.391 e. The predicted molar refractivity (Wildman–Crippen MR) is 118 cm³/mol. The number of aliphatic hydroxyl groups excluding tert-OH is 1. The monoisotopic (exact) mass is 396 g/mol. The maximum absolute atomic E-state index is 10.5. The summed E-state index contributed by atoms with van der Waals surface area (Å²) in [6.07, 6.45) is 7.77. The number of hydrogen-bond donors (Lipinski definition) is 2. The Morgan fingerprint density at radius 1 is 1.10 bits per heavy atom. The van der Waals surface area contributed by atoms with E-state index in [-0.39, 0.29) is 17.6 Å². The highest BCUT2D eigenvalue weighted by Crippen LogP contribution is 2.30. The lowest BCUT2D eigenvalue weighted by Crippen LogP contribution is -2.48. The number of aromatic nitrogens is 2. The molecule has 0 bridgehead atoms. The molecule has 1 aliphatic carbocycles. The third kappa shape index (κ3) is 5.01. The molecule has 5 heteroatoms. The molecule has 1 aromatic heterocycles. The molecule has 1 saturated carbocycles. The lowest BCUT2D eigenvalue weighted by atomic mass is 9.87. The van der Waals surface area contributed by atoms with Crippen LogP contribution in [-0.4, -0.2) is 46.2 Å². The van der Waals surface area contributed by atoms with E-state index in [1.165, 1.54) is 11.3 Å². The van der Waals surface area contributed by atoms with Gasteiger partial charge >= 0.3 is 0 Å². The summed E-state index contributed by atoms with van der Waals surface area (Å²) in [5, 5.41) is 18.6. The molecule has 29 heavy (non-hydrogen) atoms. The molecular weight excluding hydrogens is 360 g/mol. The summed E-state index contributed by atoms with van der Waals surface area (Å²) in [7, 11) is 0. The van der Waals surface area contributed by atoms with Gasteiger partial charge in [0.15, 0.2) is 0 Å². The van der Waals surface area contributed by atoms with Gasteiger partial charge in [-0.1, -0.05) is 32.9 Å². The molecule has 3 atom stereocenters. The Morgan fingerprint density at radius 3 is 2.45 bits per heavy atom. The Kier molecular flexibility index (Phi) is 5.98. The number of hydrogen-bond acceptors (Lipinski definition) is 4. The second kappa shape index (κ2) is 8.49. The molecular formula is C24H36N4O. The first-order valence-electron chi connectivity index (χ1n) is 11.2. The Hall–Kier alpha value is -1.85. The summed E-state index contributed by atoms with van der Waals surface area (Å²) in [6, 6.07) is 11.8. The molecule has 1 aromatic carbocycles. The summed E-state index contributed by atoms with van der Waals surface area (Å²) in [6.45, 7) is 9.84. The van der Waals surface area contributed by atoms with Crippen LogP contribution in [0, 0.1) is 5.92 Å². The molecule has 1 saturated heterocycles. The molecule has 4 rings (SSSR count). The number of aliphatic hydroxyl groups is 1. The van der Waals surface area contributed by atoms with Crippen LogP contribution in [0.25, 0.3) is 0 Å². The van der Waals surface area contributed by atoms with Crippen LogP contribution in [0.4, 0.5) is 5.69 Å². The van der Waals surface area contributed by atoms with Crippen molar-refractivity contribution in [3.05, 3.63) is 48.3 Å². The molecule has 1 unspecified atom stereocenters. The summed E-state index contributed by atoms with van der Waals surface area (Å²) in [5.41, 5.74) is 2.92. The van der Waals surface area contributed by atoms with Gasteiger partial charge in [-0.25, -0.2) is 0 Å². The topological polar surface area (TPSA) is 53.3 Å². The number of benzene rings is 1. The van der Waals surface area contributed by atoms with Gasteiger partial charge in [-0.15, -0.1) is 0 Å². The highest BCUT2D eigenvalue weighted by molar-refractivity contribution is 5.49. The van der Waals surface area contributed by atoms with Gasteiger partial charge in [0.05, 0.1) is 6.10 Å². The van der Waals surface area contributed by atoms with Crippen molar-refractivity contribution in [1.82, 2.24) is 15.1 Å². The molecule has 2 aliphatic rings. The summed E-state index contributed by atoms with van der Waals surface area (Å²) < 4.78 is 1.99. The molecule has 0 spiro atoms. The summed E-state index contributed by atoms with van der Waals surface area (Å²) >= 11 is 0. The molecule has 0 radical (unpaired) electrons. The van der Waals surface area contributed by atoms with Gasteiger partial charge in [0, 0.05) is 49.8 Å². The lowest BCUT2D eigenvalue weighted by Gasteiger charge is -2.36. The smallest absolute Gasteiger partial charge is 0.0696 e. The van der Waals surface area contributed by atoms with E-state index >= 15 is 0 Å². The molecule has 0 amide bonds. The highest BCUT2D eigenvalue weighted by atomic mass is 16.3. The van der Waals surface area contributed by atoms with Gasteiger partial charge in [0.2, 0.25) is 0 Å². The number of nitrogens with one attached hydrogen (secondary N) is 1. The molecule has 5 nitrogen and oxygen atoms in total. The summed E-state index contributed by atoms with van der Waals surface area (Å²) in [5.74, 6) is 0.504. The Labute approximate surface area is 175 Å². The fraction of sp³-hybridized carbons (Fsp3) is 0.625. The van der Waals surface area contributed by atoms with Crippen LogP contribution in [0.5, 0.6) is 0 Å². The van der Waals surface area contributed by atoms with Crippen molar-refractivity contribution in [2.45, 2.75) is 76.6 Å². The third-order valence-electron chi connectivity index (χ3n) is 6.67.